The van der Waals surface area contributed by atoms with Gasteiger partial charge in [-0.05, 0) is 72.8 Å². The fraction of sp³-hybridized carbons (Fsp3) is 0. The Kier molecular flexibility index (Phi) is 4.36. The van der Waals surface area contributed by atoms with Crippen LogP contribution in [0.3, 0.4) is 0 Å². The molecule has 0 fully saturated rings. The molecule has 13 aromatic rings. The lowest BCUT2D eigenvalue weighted by molar-refractivity contribution is 1.19. The van der Waals surface area contributed by atoms with Crippen molar-refractivity contribution in [1.29, 1.82) is 0 Å². The summed E-state index contributed by atoms with van der Waals surface area (Å²) in [6, 6.07) is 53.7. The fourth-order valence-corrected chi connectivity index (χ4v) is 9.48. The topological polar surface area (TPSA) is 18.7 Å². The minimum absolute atomic E-state index is 1.18. The Morgan fingerprint density at radius 2 is 0.660 bits per heavy atom. The molecule has 0 aliphatic carbocycles. The van der Waals surface area contributed by atoms with E-state index in [0.29, 0.717) is 0 Å². The second-order valence-electron chi connectivity index (χ2n) is 13.8. The number of hydrogen-bond donors (Lipinski definition) is 0. The summed E-state index contributed by atoms with van der Waals surface area (Å²) in [4.78, 5) is 0. The van der Waals surface area contributed by atoms with Gasteiger partial charge in [0.25, 0.3) is 0 Å². The molecule has 0 atom stereocenters. The van der Waals surface area contributed by atoms with Gasteiger partial charge >= 0.3 is 0 Å². The van der Waals surface area contributed by atoms with Crippen LogP contribution in [0.15, 0.2) is 158 Å². The third-order valence-corrected chi connectivity index (χ3v) is 11.4. The van der Waals surface area contributed by atoms with Crippen molar-refractivity contribution in [2.75, 3.05) is 0 Å². The van der Waals surface area contributed by atoms with Gasteiger partial charge in [0, 0.05) is 77.6 Å². The van der Waals surface area contributed by atoms with Gasteiger partial charge < -0.3 is 17.9 Å². The molecule has 7 aromatic carbocycles. The molecule has 0 bridgehead atoms. The SMILES string of the molecule is c1ccc(-n2c3ccccc3c3cc4c5cc6c7cc8c9ccccc9n(-c9ccccc9)c8c8ccn(c6cc5n5ccc(c32)c45)c78)cc1. The van der Waals surface area contributed by atoms with E-state index in [1.807, 2.05) is 0 Å². The van der Waals surface area contributed by atoms with Crippen molar-refractivity contribution in [1.82, 2.24) is 17.9 Å². The van der Waals surface area contributed by atoms with Crippen molar-refractivity contribution < 1.29 is 0 Å². The van der Waals surface area contributed by atoms with Gasteiger partial charge in [-0.3, -0.25) is 0 Å². The van der Waals surface area contributed by atoms with Gasteiger partial charge in [-0.15, -0.1) is 0 Å². The second-order valence-corrected chi connectivity index (χ2v) is 13.8. The summed E-state index contributed by atoms with van der Waals surface area (Å²) in [7, 11) is 0. The van der Waals surface area contributed by atoms with Crippen LogP contribution in [-0.4, -0.2) is 17.9 Å². The highest BCUT2D eigenvalue weighted by molar-refractivity contribution is 6.31. The van der Waals surface area contributed by atoms with E-state index in [1.165, 1.54) is 109 Å². The van der Waals surface area contributed by atoms with Crippen LogP contribution >= 0.6 is 0 Å². The van der Waals surface area contributed by atoms with Gasteiger partial charge in [0.05, 0.1) is 44.1 Å². The zero-order valence-electron chi connectivity index (χ0n) is 26.8. The van der Waals surface area contributed by atoms with E-state index in [1.54, 1.807) is 0 Å². The monoisotopic (exact) mass is 634 g/mol. The van der Waals surface area contributed by atoms with Crippen LogP contribution < -0.4 is 0 Å². The number of fused-ring (bicyclic) bond motifs is 14. The molecule has 0 saturated carbocycles. The van der Waals surface area contributed by atoms with Crippen LogP contribution in [0.1, 0.15) is 0 Å². The predicted octanol–water partition coefficient (Wildman–Crippen LogP) is 11.9. The molecule has 0 radical (unpaired) electrons. The first-order valence-corrected chi connectivity index (χ1v) is 17.3. The zero-order valence-corrected chi connectivity index (χ0v) is 26.8. The van der Waals surface area contributed by atoms with Crippen molar-refractivity contribution in [3.63, 3.8) is 0 Å². The summed E-state index contributed by atoms with van der Waals surface area (Å²) < 4.78 is 9.73. The Morgan fingerprint density at radius 3 is 1.14 bits per heavy atom. The van der Waals surface area contributed by atoms with Crippen molar-refractivity contribution >= 4 is 98.0 Å². The lowest BCUT2D eigenvalue weighted by Gasteiger charge is -2.08. The lowest BCUT2D eigenvalue weighted by atomic mass is 10.0. The van der Waals surface area contributed by atoms with Crippen LogP contribution in [0.2, 0.25) is 0 Å². The van der Waals surface area contributed by atoms with E-state index in [2.05, 4.69) is 176 Å². The molecular formula is C46H26N4. The van der Waals surface area contributed by atoms with Gasteiger partial charge in [0.15, 0.2) is 0 Å². The fourth-order valence-electron chi connectivity index (χ4n) is 9.48. The van der Waals surface area contributed by atoms with Crippen LogP contribution in [-0.2, 0) is 0 Å². The molecule has 6 aromatic heterocycles. The molecule has 0 aliphatic rings. The quantitative estimate of drug-likeness (QED) is 0.180. The molecule has 6 heterocycles. The first-order chi connectivity index (χ1) is 24.8. The predicted molar refractivity (Wildman–Crippen MR) is 209 cm³/mol. The molecule has 0 spiro atoms. The van der Waals surface area contributed by atoms with E-state index in [0.717, 1.165) is 0 Å². The van der Waals surface area contributed by atoms with Crippen LogP contribution in [0, 0.1) is 0 Å². The van der Waals surface area contributed by atoms with E-state index in [-0.39, 0.29) is 0 Å². The summed E-state index contributed by atoms with van der Waals surface area (Å²) in [6.07, 6.45) is 4.55. The van der Waals surface area contributed by atoms with Crippen molar-refractivity contribution in [2.24, 2.45) is 0 Å². The Morgan fingerprint density at radius 1 is 0.260 bits per heavy atom. The largest absolute Gasteiger partial charge is 0.315 e. The molecule has 0 saturated heterocycles. The van der Waals surface area contributed by atoms with Crippen molar-refractivity contribution in [3.8, 4) is 11.4 Å². The van der Waals surface area contributed by atoms with E-state index < -0.39 is 0 Å². The van der Waals surface area contributed by atoms with Crippen molar-refractivity contribution in [3.05, 3.63) is 158 Å². The van der Waals surface area contributed by atoms with E-state index >= 15 is 0 Å². The normalized spacial score (nSPS) is 12.8. The third kappa shape index (κ3) is 2.84. The van der Waals surface area contributed by atoms with Gasteiger partial charge in [-0.2, -0.15) is 0 Å². The summed E-state index contributed by atoms with van der Waals surface area (Å²) in [5, 5.41) is 12.9. The van der Waals surface area contributed by atoms with Crippen LogP contribution in [0.4, 0.5) is 0 Å². The maximum atomic E-state index is 2.47. The molecule has 50 heavy (non-hydrogen) atoms. The molecule has 4 nitrogen and oxygen atoms in total. The smallest absolute Gasteiger partial charge is 0.0635 e. The second kappa shape index (κ2) is 8.62. The molecule has 0 unspecified atom stereocenters. The van der Waals surface area contributed by atoms with Crippen LogP contribution in [0.25, 0.3) is 109 Å². The first-order valence-electron chi connectivity index (χ1n) is 17.3. The molecule has 230 valence electrons. The minimum Gasteiger partial charge on any atom is -0.315 e. The Labute approximate surface area is 284 Å². The standard InChI is InChI=1S/C46H26N4/c1-3-11-27(12-4-1)49-39-17-9-7-15-29(39)35-24-37-33-23-34-38-25-36-30-16-8-10-18-40(30)50(28-13-5-2-6-14-28)46(36)32-20-22-48(44(32)38)42(34)26-41(33)47-21-19-31(43(37)47)45(35)49/h1-26H. The summed E-state index contributed by atoms with van der Waals surface area (Å²) >= 11 is 0. The maximum Gasteiger partial charge on any atom is 0.0635 e. The van der Waals surface area contributed by atoms with Crippen LogP contribution in [0.5, 0.6) is 0 Å². The Balaban J connectivity index is 1.18. The molecule has 13 rings (SSSR count). The van der Waals surface area contributed by atoms with Crippen molar-refractivity contribution in [2.45, 2.75) is 0 Å². The Bertz CT molecular complexity index is 3290. The average molecular weight is 635 g/mol. The van der Waals surface area contributed by atoms with E-state index in [4.69, 9.17) is 0 Å². The third-order valence-electron chi connectivity index (χ3n) is 11.4. The highest BCUT2D eigenvalue weighted by Crippen LogP contribution is 2.46. The molecule has 4 heteroatoms. The lowest BCUT2D eigenvalue weighted by Crippen LogP contribution is -1.93. The number of benzene rings is 7. The summed E-state index contributed by atoms with van der Waals surface area (Å²) in [5.74, 6) is 0. The molecule has 0 aliphatic heterocycles. The highest BCUT2D eigenvalue weighted by Gasteiger charge is 2.24. The summed E-state index contributed by atoms with van der Waals surface area (Å²) in [5.41, 5.74) is 12.4. The number of hydrogen-bond acceptors (Lipinski definition) is 0. The minimum atomic E-state index is 1.18. The Hall–Kier alpha value is -6.78. The highest BCUT2D eigenvalue weighted by atomic mass is 15.0. The van der Waals surface area contributed by atoms with E-state index in [9.17, 15) is 0 Å². The average Bonchev–Trinajstić information content (AvgIpc) is 4.01. The number of para-hydroxylation sites is 4. The van der Waals surface area contributed by atoms with Gasteiger partial charge in [-0.1, -0.05) is 72.8 Å². The number of aromatic nitrogens is 4. The maximum absolute atomic E-state index is 2.47. The molecule has 0 N–H and O–H groups in total. The van der Waals surface area contributed by atoms with Gasteiger partial charge in [0.1, 0.15) is 0 Å². The number of nitrogens with zero attached hydrogens (tertiary/aromatic N) is 4. The zero-order chi connectivity index (χ0) is 32.2. The van der Waals surface area contributed by atoms with Gasteiger partial charge in [0.2, 0.25) is 0 Å². The number of rotatable bonds is 2. The molecular weight excluding hydrogens is 609 g/mol. The first kappa shape index (κ1) is 25.3. The summed E-state index contributed by atoms with van der Waals surface area (Å²) in [6.45, 7) is 0. The molecule has 0 amide bonds. The van der Waals surface area contributed by atoms with Gasteiger partial charge in [-0.25, -0.2) is 0 Å².